The maximum Gasteiger partial charge on any atom is 0.330 e. The van der Waals surface area contributed by atoms with Crippen LogP contribution in [-0.4, -0.2) is 34.0 Å². The highest BCUT2D eigenvalue weighted by Crippen LogP contribution is 2.28. The van der Waals surface area contributed by atoms with E-state index in [1.165, 1.54) is 23.9 Å². The summed E-state index contributed by atoms with van der Waals surface area (Å²) in [6.07, 6.45) is 1.12. The third-order valence-corrected chi connectivity index (χ3v) is 4.55. The van der Waals surface area contributed by atoms with Crippen molar-refractivity contribution in [2.45, 2.75) is 24.8 Å². The van der Waals surface area contributed by atoms with E-state index in [2.05, 4.69) is 5.32 Å². The molecule has 1 saturated heterocycles. The number of amides is 1. The number of benzene rings is 1. The number of carbonyl (C=O) groups is 2. The van der Waals surface area contributed by atoms with Gasteiger partial charge in [0.1, 0.15) is 11.4 Å². The lowest BCUT2D eigenvalue weighted by Crippen LogP contribution is -2.54. The molecule has 2 N–H and O–H groups in total. The van der Waals surface area contributed by atoms with Crippen molar-refractivity contribution in [3.63, 3.8) is 0 Å². The van der Waals surface area contributed by atoms with Gasteiger partial charge in [0.05, 0.1) is 0 Å². The molecule has 4 nitrogen and oxygen atoms in total. The molecule has 0 aliphatic carbocycles. The molecule has 1 fully saturated rings. The molecule has 6 heteroatoms. The Labute approximate surface area is 120 Å². The van der Waals surface area contributed by atoms with Crippen LogP contribution >= 0.6 is 11.8 Å². The lowest BCUT2D eigenvalue weighted by Gasteiger charge is -2.24. The Morgan fingerprint density at radius 3 is 2.60 bits per heavy atom. The molecule has 2 rings (SSSR count). The Hall–Kier alpha value is -1.56. The fourth-order valence-corrected chi connectivity index (χ4v) is 3.45. The standard InChI is InChI=1S/C14H16FNO3S/c15-11-4-1-10(2-5-11)3-6-12(17)16-14(13(18)19)7-8-20-9-14/h1-2,4-5H,3,6-9H2,(H,16,17)(H,18,19)/t14-/m1/s1. The van der Waals surface area contributed by atoms with Crippen molar-refractivity contribution in [1.29, 1.82) is 0 Å². The van der Waals surface area contributed by atoms with Gasteiger partial charge in [-0.15, -0.1) is 0 Å². The van der Waals surface area contributed by atoms with Crippen LogP contribution in [0.3, 0.4) is 0 Å². The first-order chi connectivity index (χ1) is 9.52. The molecular formula is C14H16FNO3S. The van der Waals surface area contributed by atoms with Gasteiger partial charge in [0.25, 0.3) is 0 Å². The number of carboxylic acids is 1. The molecule has 0 aromatic heterocycles. The van der Waals surface area contributed by atoms with Gasteiger partial charge in [-0.25, -0.2) is 9.18 Å². The quantitative estimate of drug-likeness (QED) is 0.870. The molecule has 1 heterocycles. The minimum Gasteiger partial charge on any atom is -0.479 e. The first-order valence-corrected chi connectivity index (χ1v) is 7.54. The zero-order valence-electron chi connectivity index (χ0n) is 10.9. The van der Waals surface area contributed by atoms with Gasteiger partial charge in [0.2, 0.25) is 5.91 Å². The van der Waals surface area contributed by atoms with Gasteiger partial charge in [-0.3, -0.25) is 4.79 Å². The number of carboxylic acid groups (broad SMARTS) is 1. The van der Waals surface area contributed by atoms with Crippen molar-refractivity contribution in [3.05, 3.63) is 35.6 Å². The van der Waals surface area contributed by atoms with Gasteiger partial charge in [0.15, 0.2) is 0 Å². The summed E-state index contributed by atoms with van der Waals surface area (Å²) in [6, 6.07) is 5.95. The normalized spacial score (nSPS) is 21.6. The van der Waals surface area contributed by atoms with Crippen LogP contribution in [0, 0.1) is 5.82 Å². The molecule has 0 radical (unpaired) electrons. The van der Waals surface area contributed by atoms with Crippen molar-refractivity contribution in [2.24, 2.45) is 0 Å². The van der Waals surface area contributed by atoms with Crippen LogP contribution in [0.4, 0.5) is 4.39 Å². The maximum atomic E-state index is 12.7. The van der Waals surface area contributed by atoms with Crippen LogP contribution in [-0.2, 0) is 16.0 Å². The topological polar surface area (TPSA) is 66.4 Å². The number of hydrogen-bond acceptors (Lipinski definition) is 3. The molecule has 1 aromatic rings. The summed E-state index contributed by atoms with van der Waals surface area (Å²) in [5.74, 6) is -0.419. The fourth-order valence-electron chi connectivity index (χ4n) is 2.12. The number of aliphatic carboxylic acids is 1. The summed E-state index contributed by atoms with van der Waals surface area (Å²) >= 11 is 1.53. The molecule has 1 aliphatic heterocycles. The summed E-state index contributed by atoms with van der Waals surface area (Å²) in [4.78, 5) is 23.2. The molecule has 108 valence electrons. The highest BCUT2D eigenvalue weighted by atomic mass is 32.2. The molecule has 0 saturated carbocycles. The smallest absolute Gasteiger partial charge is 0.330 e. The largest absolute Gasteiger partial charge is 0.479 e. The number of thioether (sulfide) groups is 1. The number of nitrogens with one attached hydrogen (secondary N) is 1. The van der Waals surface area contributed by atoms with E-state index in [1.807, 2.05) is 0 Å². The second-order valence-corrected chi connectivity index (χ2v) is 5.97. The van der Waals surface area contributed by atoms with Crippen LogP contribution < -0.4 is 5.32 Å². The van der Waals surface area contributed by atoms with Crippen LogP contribution in [0.15, 0.2) is 24.3 Å². The van der Waals surface area contributed by atoms with E-state index in [1.54, 1.807) is 12.1 Å². The van der Waals surface area contributed by atoms with Gasteiger partial charge < -0.3 is 10.4 Å². The first-order valence-electron chi connectivity index (χ1n) is 6.38. The van der Waals surface area contributed by atoms with Crippen molar-refractivity contribution in [1.82, 2.24) is 5.32 Å². The number of aryl methyl sites for hydroxylation is 1. The Morgan fingerprint density at radius 1 is 1.35 bits per heavy atom. The average Bonchev–Trinajstić information content (AvgIpc) is 2.88. The lowest BCUT2D eigenvalue weighted by atomic mass is 9.98. The molecule has 20 heavy (non-hydrogen) atoms. The zero-order chi connectivity index (χ0) is 14.6. The van der Waals surface area contributed by atoms with E-state index < -0.39 is 11.5 Å². The van der Waals surface area contributed by atoms with Crippen molar-refractivity contribution < 1.29 is 19.1 Å². The third-order valence-electron chi connectivity index (χ3n) is 3.36. The predicted molar refractivity (Wildman–Crippen MR) is 75.2 cm³/mol. The van der Waals surface area contributed by atoms with Crippen molar-refractivity contribution >= 4 is 23.6 Å². The molecule has 0 spiro atoms. The molecule has 1 amide bonds. The van der Waals surface area contributed by atoms with E-state index >= 15 is 0 Å². The number of hydrogen-bond donors (Lipinski definition) is 2. The molecule has 1 atom stereocenters. The van der Waals surface area contributed by atoms with E-state index in [4.69, 9.17) is 0 Å². The lowest BCUT2D eigenvalue weighted by molar-refractivity contribution is -0.146. The van der Waals surface area contributed by atoms with E-state index in [0.717, 1.165) is 11.3 Å². The van der Waals surface area contributed by atoms with Gasteiger partial charge in [-0.2, -0.15) is 11.8 Å². The number of halogens is 1. The summed E-state index contributed by atoms with van der Waals surface area (Å²) in [7, 11) is 0. The van der Waals surface area contributed by atoms with E-state index in [0.29, 0.717) is 18.6 Å². The summed E-state index contributed by atoms with van der Waals surface area (Å²) in [6.45, 7) is 0. The summed E-state index contributed by atoms with van der Waals surface area (Å²) in [5, 5.41) is 11.9. The van der Waals surface area contributed by atoms with E-state index in [9.17, 15) is 19.1 Å². The van der Waals surface area contributed by atoms with Gasteiger partial charge in [-0.1, -0.05) is 12.1 Å². The maximum absolute atomic E-state index is 12.7. The van der Waals surface area contributed by atoms with Crippen molar-refractivity contribution in [2.75, 3.05) is 11.5 Å². The molecule has 1 aromatic carbocycles. The highest BCUT2D eigenvalue weighted by Gasteiger charge is 2.43. The number of carbonyl (C=O) groups excluding carboxylic acids is 1. The van der Waals surface area contributed by atoms with E-state index in [-0.39, 0.29) is 18.1 Å². The molecule has 0 bridgehead atoms. The zero-order valence-corrected chi connectivity index (χ0v) is 11.7. The molecule has 0 unspecified atom stereocenters. The average molecular weight is 297 g/mol. The minimum atomic E-state index is -1.12. The van der Waals surface area contributed by atoms with Crippen LogP contribution in [0.25, 0.3) is 0 Å². The molecular weight excluding hydrogens is 281 g/mol. The minimum absolute atomic E-state index is 0.200. The second kappa shape index (κ2) is 6.26. The Kier molecular flexibility index (Phi) is 4.65. The van der Waals surface area contributed by atoms with Crippen LogP contribution in [0.2, 0.25) is 0 Å². The fraction of sp³-hybridized carbons (Fsp3) is 0.429. The summed E-state index contributed by atoms with van der Waals surface area (Å²) in [5.41, 5.74) is -0.267. The molecule has 1 aliphatic rings. The Balaban J connectivity index is 1.89. The highest BCUT2D eigenvalue weighted by molar-refractivity contribution is 7.99. The number of rotatable bonds is 5. The van der Waals surface area contributed by atoms with Crippen LogP contribution in [0.1, 0.15) is 18.4 Å². The monoisotopic (exact) mass is 297 g/mol. The third kappa shape index (κ3) is 3.50. The Morgan fingerprint density at radius 2 is 2.05 bits per heavy atom. The predicted octanol–water partition coefficient (Wildman–Crippen LogP) is 1.83. The van der Waals surface area contributed by atoms with Gasteiger partial charge in [-0.05, 0) is 36.3 Å². The summed E-state index contributed by atoms with van der Waals surface area (Å²) < 4.78 is 12.7. The van der Waals surface area contributed by atoms with Gasteiger partial charge in [0, 0.05) is 12.2 Å². The second-order valence-electron chi connectivity index (χ2n) is 4.86. The SMILES string of the molecule is O=C(CCc1ccc(F)cc1)N[C@]1(C(=O)O)CCSC1. The first kappa shape index (κ1) is 14.8. The van der Waals surface area contributed by atoms with Gasteiger partial charge >= 0.3 is 5.97 Å². The van der Waals surface area contributed by atoms with Crippen molar-refractivity contribution in [3.8, 4) is 0 Å². The van der Waals surface area contributed by atoms with Crippen LogP contribution in [0.5, 0.6) is 0 Å². The Bertz CT molecular complexity index is 498.